The Morgan fingerprint density at radius 3 is 2.50 bits per heavy atom. The van der Waals surface area contributed by atoms with Gasteiger partial charge in [0, 0.05) is 17.1 Å². The fourth-order valence-corrected chi connectivity index (χ4v) is 2.40. The molecule has 1 atom stereocenters. The molecule has 2 amide bonds. The Labute approximate surface area is 132 Å². The first kappa shape index (κ1) is 18.0. The van der Waals surface area contributed by atoms with Gasteiger partial charge in [-0.25, -0.2) is 0 Å². The van der Waals surface area contributed by atoms with Gasteiger partial charge in [-0.3, -0.25) is 9.59 Å². The van der Waals surface area contributed by atoms with Gasteiger partial charge in [0.05, 0.1) is 25.1 Å². The molecule has 0 aliphatic heterocycles. The maximum absolute atomic E-state index is 11.7. The summed E-state index contributed by atoms with van der Waals surface area (Å²) in [6, 6.07) is 7.34. The number of rotatable bonds is 9. The van der Waals surface area contributed by atoms with Crippen molar-refractivity contribution in [2.24, 2.45) is 0 Å². The SMILES string of the molecule is [NH3+]CCSC[C@H](NC(=O)CNC(=O)c1ccccc1)C(=O)[O-]. The first-order valence-corrected chi connectivity index (χ1v) is 7.90. The summed E-state index contributed by atoms with van der Waals surface area (Å²) in [6.07, 6.45) is 0. The molecule has 0 aliphatic rings. The molecule has 7 nitrogen and oxygen atoms in total. The van der Waals surface area contributed by atoms with E-state index in [1.54, 1.807) is 30.3 Å². The minimum atomic E-state index is -1.35. The largest absolute Gasteiger partial charge is 0.548 e. The molecular weight excluding hydrogens is 306 g/mol. The highest BCUT2D eigenvalue weighted by Crippen LogP contribution is 2.01. The van der Waals surface area contributed by atoms with Crippen molar-refractivity contribution in [3.05, 3.63) is 35.9 Å². The number of carbonyl (C=O) groups excluding carboxylic acids is 3. The second kappa shape index (κ2) is 9.80. The highest BCUT2D eigenvalue weighted by atomic mass is 32.2. The summed E-state index contributed by atoms with van der Waals surface area (Å²) in [5.41, 5.74) is 4.08. The van der Waals surface area contributed by atoms with E-state index in [9.17, 15) is 19.5 Å². The van der Waals surface area contributed by atoms with E-state index in [2.05, 4.69) is 16.4 Å². The molecule has 22 heavy (non-hydrogen) atoms. The zero-order valence-corrected chi connectivity index (χ0v) is 12.9. The number of carboxylic acid groups (broad SMARTS) is 1. The first-order valence-electron chi connectivity index (χ1n) is 6.75. The smallest absolute Gasteiger partial charge is 0.251 e. The number of amides is 2. The normalized spacial score (nSPS) is 11.5. The summed E-state index contributed by atoms with van der Waals surface area (Å²) >= 11 is 1.37. The number of nitrogens with one attached hydrogen (secondary N) is 2. The number of carbonyl (C=O) groups is 3. The maximum atomic E-state index is 11.7. The van der Waals surface area contributed by atoms with Crippen molar-refractivity contribution in [1.29, 1.82) is 0 Å². The van der Waals surface area contributed by atoms with Gasteiger partial charge in [0.2, 0.25) is 5.91 Å². The third-order valence-electron chi connectivity index (χ3n) is 2.64. The number of hydrogen-bond acceptors (Lipinski definition) is 5. The molecule has 0 saturated carbocycles. The molecule has 1 aromatic rings. The summed E-state index contributed by atoms with van der Waals surface area (Å²) in [5.74, 6) is -1.42. The number of aliphatic carboxylic acids is 1. The van der Waals surface area contributed by atoms with Gasteiger partial charge in [-0.05, 0) is 12.1 Å². The van der Waals surface area contributed by atoms with Crippen molar-refractivity contribution in [3.8, 4) is 0 Å². The molecular formula is C14H19N3O4S. The van der Waals surface area contributed by atoms with Gasteiger partial charge < -0.3 is 26.3 Å². The Hall–Kier alpha value is -2.06. The van der Waals surface area contributed by atoms with E-state index >= 15 is 0 Å². The number of carboxylic acids is 1. The van der Waals surface area contributed by atoms with Gasteiger partial charge in [-0.1, -0.05) is 18.2 Å². The lowest BCUT2D eigenvalue weighted by atomic mass is 10.2. The molecule has 0 aromatic heterocycles. The van der Waals surface area contributed by atoms with Crippen molar-refractivity contribution in [2.45, 2.75) is 6.04 Å². The van der Waals surface area contributed by atoms with Crippen LogP contribution in [0.15, 0.2) is 30.3 Å². The average molecular weight is 325 g/mol. The standard InChI is InChI=1S/C14H19N3O4S/c15-6-7-22-9-11(14(20)21)17-12(18)8-16-13(19)10-4-2-1-3-5-10/h1-5,11H,6-9,15H2,(H,16,19)(H,17,18)(H,20,21)/t11-/m0/s1. The molecule has 0 bridgehead atoms. The van der Waals surface area contributed by atoms with E-state index in [1.165, 1.54) is 11.8 Å². The molecule has 8 heteroatoms. The van der Waals surface area contributed by atoms with Crippen LogP contribution in [0.3, 0.4) is 0 Å². The van der Waals surface area contributed by atoms with Crippen LogP contribution in [0.5, 0.6) is 0 Å². The zero-order valence-electron chi connectivity index (χ0n) is 12.0. The van der Waals surface area contributed by atoms with Crippen molar-refractivity contribution < 1.29 is 25.2 Å². The topological polar surface area (TPSA) is 126 Å². The van der Waals surface area contributed by atoms with Crippen LogP contribution in [0.1, 0.15) is 10.4 Å². The van der Waals surface area contributed by atoms with Crippen LogP contribution < -0.4 is 21.5 Å². The predicted octanol–water partition coefficient (Wildman–Crippen LogP) is -2.37. The van der Waals surface area contributed by atoms with Crippen molar-refractivity contribution in [1.82, 2.24) is 10.6 Å². The Morgan fingerprint density at radius 2 is 1.91 bits per heavy atom. The molecule has 0 unspecified atom stereocenters. The molecule has 0 fully saturated rings. The van der Waals surface area contributed by atoms with Gasteiger partial charge in [0.25, 0.3) is 5.91 Å². The van der Waals surface area contributed by atoms with Crippen LogP contribution in [-0.4, -0.2) is 48.4 Å². The first-order chi connectivity index (χ1) is 10.5. The minimum Gasteiger partial charge on any atom is -0.548 e. The highest BCUT2D eigenvalue weighted by molar-refractivity contribution is 7.99. The molecule has 0 aliphatic carbocycles. The molecule has 1 rings (SSSR count). The summed E-state index contributed by atoms with van der Waals surface area (Å²) in [5, 5.41) is 15.7. The molecule has 0 radical (unpaired) electrons. The lowest BCUT2D eigenvalue weighted by Crippen LogP contribution is -2.53. The quantitative estimate of drug-likeness (QED) is 0.437. The number of quaternary nitrogens is 1. The minimum absolute atomic E-state index is 0.205. The van der Waals surface area contributed by atoms with Crippen LogP contribution in [0.2, 0.25) is 0 Å². The lowest BCUT2D eigenvalue weighted by Gasteiger charge is -2.19. The fraction of sp³-hybridized carbons (Fsp3) is 0.357. The van der Waals surface area contributed by atoms with E-state index in [4.69, 9.17) is 0 Å². The van der Waals surface area contributed by atoms with Crippen LogP contribution >= 0.6 is 11.8 Å². The number of benzene rings is 1. The summed E-state index contributed by atoms with van der Waals surface area (Å²) in [6.45, 7) is 0.378. The Kier molecular flexibility index (Phi) is 8.01. The Morgan fingerprint density at radius 1 is 1.23 bits per heavy atom. The summed E-state index contributed by atoms with van der Waals surface area (Å²) in [4.78, 5) is 34.4. The average Bonchev–Trinajstić information content (AvgIpc) is 2.52. The van der Waals surface area contributed by atoms with Gasteiger partial charge in [-0.15, -0.1) is 0 Å². The predicted molar refractivity (Wildman–Crippen MR) is 80.8 cm³/mol. The van der Waals surface area contributed by atoms with Crippen molar-refractivity contribution in [2.75, 3.05) is 24.6 Å². The highest BCUT2D eigenvalue weighted by Gasteiger charge is 2.14. The van der Waals surface area contributed by atoms with Crippen molar-refractivity contribution >= 4 is 29.5 Å². The molecule has 0 saturated heterocycles. The van der Waals surface area contributed by atoms with Crippen LogP contribution in [-0.2, 0) is 9.59 Å². The summed E-state index contributed by atoms with van der Waals surface area (Å²) < 4.78 is 0. The van der Waals surface area contributed by atoms with E-state index in [0.29, 0.717) is 17.9 Å². The van der Waals surface area contributed by atoms with Gasteiger partial charge >= 0.3 is 0 Å². The monoisotopic (exact) mass is 325 g/mol. The van der Waals surface area contributed by atoms with E-state index in [1.807, 2.05) is 0 Å². The van der Waals surface area contributed by atoms with Crippen LogP contribution in [0.4, 0.5) is 0 Å². The summed E-state index contributed by atoms with van der Waals surface area (Å²) in [7, 11) is 0. The number of hydrogen-bond donors (Lipinski definition) is 3. The zero-order chi connectivity index (χ0) is 16.4. The van der Waals surface area contributed by atoms with Crippen LogP contribution in [0.25, 0.3) is 0 Å². The lowest BCUT2D eigenvalue weighted by molar-refractivity contribution is -0.360. The van der Waals surface area contributed by atoms with E-state index < -0.39 is 23.8 Å². The molecule has 0 spiro atoms. The Balaban J connectivity index is 2.40. The fourth-order valence-electron chi connectivity index (χ4n) is 1.57. The molecule has 0 heterocycles. The van der Waals surface area contributed by atoms with E-state index in [0.717, 1.165) is 0 Å². The molecule has 5 N–H and O–H groups in total. The third kappa shape index (κ3) is 6.59. The second-order valence-corrected chi connectivity index (χ2v) is 5.57. The third-order valence-corrected chi connectivity index (χ3v) is 3.78. The number of thioether (sulfide) groups is 1. The van der Waals surface area contributed by atoms with Gasteiger partial charge in [0.15, 0.2) is 0 Å². The van der Waals surface area contributed by atoms with Gasteiger partial charge in [0.1, 0.15) is 0 Å². The Bertz CT molecular complexity index is 510. The molecule has 120 valence electrons. The maximum Gasteiger partial charge on any atom is 0.251 e. The molecule has 1 aromatic carbocycles. The van der Waals surface area contributed by atoms with Crippen LogP contribution in [0, 0.1) is 0 Å². The van der Waals surface area contributed by atoms with E-state index in [-0.39, 0.29) is 12.3 Å². The van der Waals surface area contributed by atoms with Crippen molar-refractivity contribution in [3.63, 3.8) is 0 Å². The second-order valence-electron chi connectivity index (χ2n) is 4.42. The van der Waals surface area contributed by atoms with Gasteiger partial charge in [-0.2, -0.15) is 11.8 Å².